The summed E-state index contributed by atoms with van der Waals surface area (Å²) in [5.41, 5.74) is 4.54. The summed E-state index contributed by atoms with van der Waals surface area (Å²) in [6.45, 7) is 5.64. The Morgan fingerprint density at radius 3 is 2.39 bits per heavy atom. The van der Waals surface area contributed by atoms with Crippen molar-refractivity contribution in [1.82, 2.24) is 19.6 Å². The first-order valence-electron chi connectivity index (χ1n) is 12.3. The van der Waals surface area contributed by atoms with Gasteiger partial charge in [-0.05, 0) is 61.9 Å². The van der Waals surface area contributed by atoms with Gasteiger partial charge in [-0.3, -0.25) is 9.69 Å². The number of amides is 1. The topological polar surface area (TPSA) is 52.9 Å². The molecule has 1 aliphatic heterocycles. The summed E-state index contributed by atoms with van der Waals surface area (Å²) >= 11 is 12.3. The zero-order valence-electron chi connectivity index (χ0n) is 20.0. The number of benzene rings is 2. The van der Waals surface area contributed by atoms with Crippen molar-refractivity contribution in [1.29, 1.82) is 0 Å². The minimum atomic E-state index is -0.0367. The Hall–Kier alpha value is -3.06. The quantitative estimate of drug-likeness (QED) is 0.305. The fraction of sp³-hybridized carbons (Fsp3) is 0.286. The fourth-order valence-electron chi connectivity index (χ4n) is 4.58. The summed E-state index contributed by atoms with van der Waals surface area (Å²) < 4.78 is 1.99. The van der Waals surface area contributed by atoms with Crippen LogP contribution in [0.1, 0.15) is 23.2 Å². The van der Waals surface area contributed by atoms with Gasteiger partial charge in [-0.1, -0.05) is 41.4 Å². The van der Waals surface area contributed by atoms with E-state index in [1.165, 1.54) is 0 Å². The number of anilines is 1. The number of carbonyl (C=O) groups excluding carboxylic acids is 1. The highest BCUT2D eigenvalue weighted by Gasteiger charge is 2.17. The van der Waals surface area contributed by atoms with Crippen molar-refractivity contribution in [2.45, 2.75) is 12.8 Å². The number of halogens is 2. The molecule has 0 bridgehead atoms. The second kappa shape index (κ2) is 11.3. The van der Waals surface area contributed by atoms with E-state index in [-0.39, 0.29) is 5.91 Å². The fourth-order valence-corrected chi connectivity index (χ4v) is 5.10. The molecule has 186 valence electrons. The Balaban J connectivity index is 1.02. The maximum absolute atomic E-state index is 12.6. The van der Waals surface area contributed by atoms with E-state index in [4.69, 9.17) is 23.2 Å². The van der Waals surface area contributed by atoms with Crippen molar-refractivity contribution in [2.24, 2.45) is 0 Å². The molecule has 8 heteroatoms. The Morgan fingerprint density at radius 2 is 1.67 bits per heavy atom. The molecule has 0 atom stereocenters. The van der Waals surface area contributed by atoms with Crippen LogP contribution in [0.3, 0.4) is 0 Å². The largest absolute Gasteiger partial charge is 0.369 e. The lowest BCUT2D eigenvalue weighted by molar-refractivity contribution is 0.0952. The molecule has 0 radical (unpaired) electrons. The van der Waals surface area contributed by atoms with Gasteiger partial charge in [0.2, 0.25) is 0 Å². The monoisotopic (exact) mass is 521 g/mol. The van der Waals surface area contributed by atoms with E-state index in [1.807, 2.05) is 71.4 Å². The Kier molecular flexibility index (Phi) is 7.75. The SMILES string of the molecule is O=C(NCCCCN1CCN(c2cc(Cl)cc(Cl)c2)CC1)c1ccc(-c2cn3ccccc3n2)cc1. The van der Waals surface area contributed by atoms with Gasteiger partial charge in [0.15, 0.2) is 0 Å². The van der Waals surface area contributed by atoms with Crippen LogP contribution in [-0.4, -0.2) is 59.5 Å². The zero-order chi connectivity index (χ0) is 24.9. The summed E-state index contributed by atoms with van der Waals surface area (Å²) in [5, 5.41) is 4.39. The third kappa shape index (κ3) is 6.01. The molecule has 1 amide bonds. The number of hydrogen-bond acceptors (Lipinski definition) is 4. The van der Waals surface area contributed by atoms with Crippen LogP contribution in [0.15, 0.2) is 73.1 Å². The van der Waals surface area contributed by atoms with Crippen molar-refractivity contribution in [3.8, 4) is 11.3 Å². The standard InChI is InChI=1S/C28H29Cl2N5O/c29-23-17-24(30)19-25(18-23)34-15-13-33(14-16-34)11-4-2-10-31-28(36)22-8-6-21(7-9-22)26-20-35-12-3-1-5-27(35)32-26/h1,3,5-9,12,17-20H,2,4,10-11,13-16H2,(H,31,36). The van der Waals surface area contributed by atoms with E-state index in [9.17, 15) is 4.79 Å². The average molecular weight is 522 g/mol. The molecular formula is C28H29Cl2N5O. The minimum absolute atomic E-state index is 0.0367. The van der Waals surface area contributed by atoms with Gasteiger partial charge in [-0.25, -0.2) is 4.98 Å². The molecule has 0 unspecified atom stereocenters. The molecule has 0 spiro atoms. The lowest BCUT2D eigenvalue weighted by atomic mass is 10.1. The van der Waals surface area contributed by atoms with Crippen molar-refractivity contribution in [2.75, 3.05) is 44.2 Å². The lowest BCUT2D eigenvalue weighted by Gasteiger charge is -2.36. The van der Waals surface area contributed by atoms with E-state index >= 15 is 0 Å². The number of fused-ring (bicyclic) bond motifs is 1. The van der Waals surface area contributed by atoms with Gasteiger partial charge < -0.3 is 14.6 Å². The molecule has 1 aliphatic rings. The molecule has 6 nitrogen and oxygen atoms in total. The number of nitrogens with zero attached hydrogens (tertiary/aromatic N) is 4. The Bertz CT molecular complexity index is 1280. The van der Waals surface area contributed by atoms with Gasteiger partial charge in [0.05, 0.1) is 5.69 Å². The number of imidazole rings is 1. The van der Waals surface area contributed by atoms with Crippen LogP contribution in [0.2, 0.25) is 10.0 Å². The average Bonchev–Trinajstić information content (AvgIpc) is 3.33. The molecule has 1 saturated heterocycles. The van der Waals surface area contributed by atoms with Gasteiger partial charge in [-0.15, -0.1) is 0 Å². The maximum atomic E-state index is 12.6. The van der Waals surface area contributed by atoms with Crippen LogP contribution in [0.25, 0.3) is 16.9 Å². The number of piperazine rings is 1. The van der Waals surface area contributed by atoms with Gasteiger partial charge in [0, 0.05) is 72.0 Å². The normalized spacial score (nSPS) is 14.3. The number of rotatable bonds is 8. The van der Waals surface area contributed by atoms with Crippen LogP contribution in [0.4, 0.5) is 5.69 Å². The number of carbonyl (C=O) groups is 1. The molecule has 1 fully saturated rings. The predicted molar refractivity (Wildman–Crippen MR) is 147 cm³/mol. The maximum Gasteiger partial charge on any atom is 0.251 e. The smallest absolute Gasteiger partial charge is 0.251 e. The highest BCUT2D eigenvalue weighted by Crippen LogP contribution is 2.26. The number of hydrogen-bond donors (Lipinski definition) is 1. The summed E-state index contributed by atoms with van der Waals surface area (Å²) in [4.78, 5) is 22.0. The Labute approximate surface area is 221 Å². The van der Waals surface area contributed by atoms with Gasteiger partial charge in [0.1, 0.15) is 5.65 Å². The molecule has 2 aromatic carbocycles. The van der Waals surface area contributed by atoms with E-state index in [2.05, 4.69) is 20.1 Å². The van der Waals surface area contributed by atoms with Gasteiger partial charge >= 0.3 is 0 Å². The number of aromatic nitrogens is 2. The summed E-state index contributed by atoms with van der Waals surface area (Å²) in [6, 6.07) is 19.3. The summed E-state index contributed by atoms with van der Waals surface area (Å²) in [5.74, 6) is -0.0367. The van der Waals surface area contributed by atoms with Crippen LogP contribution in [-0.2, 0) is 0 Å². The molecule has 1 N–H and O–H groups in total. The highest BCUT2D eigenvalue weighted by molar-refractivity contribution is 6.35. The van der Waals surface area contributed by atoms with Crippen LogP contribution in [0.5, 0.6) is 0 Å². The van der Waals surface area contributed by atoms with Crippen LogP contribution < -0.4 is 10.2 Å². The molecule has 2 aromatic heterocycles. The third-order valence-electron chi connectivity index (χ3n) is 6.58. The van der Waals surface area contributed by atoms with Crippen molar-refractivity contribution in [3.63, 3.8) is 0 Å². The highest BCUT2D eigenvalue weighted by atomic mass is 35.5. The first-order chi connectivity index (χ1) is 17.5. The van der Waals surface area contributed by atoms with Crippen molar-refractivity contribution < 1.29 is 4.79 Å². The molecule has 36 heavy (non-hydrogen) atoms. The predicted octanol–water partition coefficient (Wildman–Crippen LogP) is 5.64. The molecule has 0 saturated carbocycles. The van der Waals surface area contributed by atoms with Crippen molar-refractivity contribution >= 4 is 40.4 Å². The van der Waals surface area contributed by atoms with Crippen molar-refractivity contribution in [3.05, 3.63) is 88.7 Å². The second-order valence-electron chi connectivity index (χ2n) is 9.09. The van der Waals surface area contributed by atoms with Crippen LogP contribution >= 0.6 is 23.2 Å². The first-order valence-corrected chi connectivity index (χ1v) is 13.1. The van der Waals surface area contributed by atoms with E-state index in [1.54, 1.807) is 6.07 Å². The summed E-state index contributed by atoms with van der Waals surface area (Å²) in [7, 11) is 0. The lowest BCUT2D eigenvalue weighted by Crippen LogP contribution is -2.46. The van der Waals surface area contributed by atoms with Gasteiger partial charge in [0.25, 0.3) is 5.91 Å². The van der Waals surface area contributed by atoms with E-state index in [0.717, 1.165) is 68.2 Å². The number of pyridine rings is 1. The molecular weight excluding hydrogens is 493 g/mol. The van der Waals surface area contributed by atoms with Gasteiger partial charge in [-0.2, -0.15) is 0 Å². The zero-order valence-corrected chi connectivity index (χ0v) is 21.5. The summed E-state index contributed by atoms with van der Waals surface area (Å²) in [6.07, 6.45) is 5.98. The van der Waals surface area contributed by atoms with Crippen LogP contribution in [0, 0.1) is 0 Å². The minimum Gasteiger partial charge on any atom is -0.369 e. The van der Waals surface area contributed by atoms with E-state index in [0.29, 0.717) is 22.2 Å². The second-order valence-corrected chi connectivity index (χ2v) is 9.96. The molecule has 4 aromatic rings. The number of nitrogens with one attached hydrogen (secondary N) is 1. The Morgan fingerprint density at radius 1 is 0.917 bits per heavy atom. The number of unbranched alkanes of at least 4 members (excludes halogenated alkanes) is 1. The molecule has 0 aliphatic carbocycles. The third-order valence-corrected chi connectivity index (χ3v) is 7.01. The molecule has 3 heterocycles. The van der Waals surface area contributed by atoms with E-state index < -0.39 is 0 Å². The molecule has 5 rings (SSSR count). The first kappa shape index (κ1) is 24.6.